The largest absolute Gasteiger partial charge is 0.481 e. The van der Waals surface area contributed by atoms with E-state index in [2.05, 4.69) is 5.32 Å². The van der Waals surface area contributed by atoms with Gasteiger partial charge in [0.05, 0.1) is 0 Å². The molecule has 4 heteroatoms. The Morgan fingerprint density at radius 3 is 2.19 bits per heavy atom. The van der Waals surface area contributed by atoms with Crippen LogP contribution in [0.2, 0.25) is 0 Å². The molecule has 4 nitrogen and oxygen atoms in total. The molecule has 0 unspecified atom stereocenters. The number of nitrogens with one attached hydrogen (secondary N) is 1. The Morgan fingerprint density at radius 1 is 0.905 bits per heavy atom. The molecule has 0 heterocycles. The van der Waals surface area contributed by atoms with E-state index in [1.54, 1.807) is 0 Å². The number of carbonyl (C=O) groups is 2. The van der Waals surface area contributed by atoms with E-state index in [4.69, 9.17) is 5.11 Å². The molecule has 0 aliphatic heterocycles. The zero-order valence-corrected chi connectivity index (χ0v) is 13.2. The van der Waals surface area contributed by atoms with Crippen molar-refractivity contribution in [3.05, 3.63) is 0 Å². The maximum Gasteiger partial charge on any atom is 0.303 e. The van der Waals surface area contributed by atoms with Gasteiger partial charge >= 0.3 is 5.97 Å². The molecule has 0 saturated heterocycles. The number of amides is 1. The van der Waals surface area contributed by atoms with Crippen LogP contribution in [0.3, 0.4) is 0 Å². The van der Waals surface area contributed by atoms with E-state index in [0.29, 0.717) is 12.3 Å². The van der Waals surface area contributed by atoms with Crippen LogP contribution in [0.4, 0.5) is 0 Å². The molecule has 1 aliphatic carbocycles. The monoisotopic (exact) mass is 297 g/mol. The quantitative estimate of drug-likeness (QED) is 0.475. The third kappa shape index (κ3) is 10.3. The van der Waals surface area contributed by atoms with E-state index in [0.717, 1.165) is 38.6 Å². The molecule has 1 fully saturated rings. The lowest BCUT2D eigenvalue weighted by Gasteiger charge is -2.13. The summed E-state index contributed by atoms with van der Waals surface area (Å²) in [4.78, 5) is 22.2. The van der Waals surface area contributed by atoms with Gasteiger partial charge in [-0.1, -0.05) is 44.9 Å². The molecule has 1 rings (SSSR count). The predicted octanol–water partition coefficient (Wildman–Crippen LogP) is 3.89. The van der Waals surface area contributed by atoms with Gasteiger partial charge in [-0.2, -0.15) is 0 Å². The minimum atomic E-state index is -0.708. The van der Waals surface area contributed by atoms with Crippen molar-refractivity contribution in [2.75, 3.05) is 6.54 Å². The first-order chi connectivity index (χ1) is 10.2. The van der Waals surface area contributed by atoms with Crippen molar-refractivity contribution in [2.45, 2.75) is 83.5 Å². The molecule has 0 aromatic rings. The van der Waals surface area contributed by atoms with E-state index in [1.807, 2.05) is 0 Å². The minimum Gasteiger partial charge on any atom is -0.481 e. The van der Waals surface area contributed by atoms with Crippen molar-refractivity contribution in [1.82, 2.24) is 5.32 Å². The third-order valence-corrected chi connectivity index (χ3v) is 4.34. The standard InChI is InChI=1S/C17H31NO3/c19-16(14-15-10-6-3-4-7-11-15)18-13-9-5-1-2-8-12-17(20)21/h15H,1-14H2,(H,18,19)(H,20,21). The topological polar surface area (TPSA) is 66.4 Å². The number of aliphatic carboxylic acids is 1. The zero-order valence-electron chi connectivity index (χ0n) is 13.2. The molecule has 1 saturated carbocycles. The van der Waals surface area contributed by atoms with Crippen molar-refractivity contribution < 1.29 is 14.7 Å². The molecule has 21 heavy (non-hydrogen) atoms. The lowest BCUT2D eigenvalue weighted by Crippen LogP contribution is -2.26. The first kappa shape index (κ1) is 18.0. The summed E-state index contributed by atoms with van der Waals surface area (Å²) < 4.78 is 0. The van der Waals surface area contributed by atoms with Gasteiger partial charge < -0.3 is 10.4 Å². The van der Waals surface area contributed by atoms with Gasteiger partial charge in [-0.05, 0) is 31.6 Å². The van der Waals surface area contributed by atoms with Gasteiger partial charge in [0.1, 0.15) is 0 Å². The van der Waals surface area contributed by atoms with Crippen LogP contribution in [0.25, 0.3) is 0 Å². The van der Waals surface area contributed by atoms with Crippen LogP contribution in [0.15, 0.2) is 0 Å². The van der Waals surface area contributed by atoms with Gasteiger partial charge in [-0.3, -0.25) is 9.59 Å². The molecule has 0 bridgehead atoms. The molecular weight excluding hydrogens is 266 g/mol. The Morgan fingerprint density at radius 2 is 1.52 bits per heavy atom. The molecule has 0 radical (unpaired) electrons. The average molecular weight is 297 g/mol. The Hall–Kier alpha value is -1.06. The van der Waals surface area contributed by atoms with Crippen molar-refractivity contribution in [2.24, 2.45) is 5.92 Å². The molecular formula is C17H31NO3. The van der Waals surface area contributed by atoms with Crippen molar-refractivity contribution in [1.29, 1.82) is 0 Å². The highest BCUT2D eigenvalue weighted by atomic mass is 16.4. The summed E-state index contributed by atoms with van der Waals surface area (Å²) in [6.07, 6.45) is 13.5. The first-order valence-electron chi connectivity index (χ1n) is 8.67. The van der Waals surface area contributed by atoms with Crippen LogP contribution in [0.1, 0.15) is 83.5 Å². The number of unbranched alkanes of at least 4 members (excludes halogenated alkanes) is 4. The maximum atomic E-state index is 11.9. The van der Waals surface area contributed by atoms with Crippen LogP contribution < -0.4 is 5.32 Å². The smallest absolute Gasteiger partial charge is 0.303 e. The Balaban J connectivity index is 1.92. The van der Waals surface area contributed by atoms with Crippen molar-refractivity contribution in [3.63, 3.8) is 0 Å². The molecule has 0 aromatic heterocycles. The number of carbonyl (C=O) groups excluding carboxylic acids is 1. The van der Waals surface area contributed by atoms with Gasteiger partial charge in [-0.25, -0.2) is 0 Å². The van der Waals surface area contributed by atoms with Crippen molar-refractivity contribution in [3.8, 4) is 0 Å². The van der Waals surface area contributed by atoms with Crippen LogP contribution >= 0.6 is 0 Å². The van der Waals surface area contributed by atoms with Crippen LogP contribution in [0, 0.1) is 5.92 Å². The minimum absolute atomic E-state index is 0.216. The average Bonchev–Trinajstić information content (AvgIpc) is 2.70. The zero-order chi connectivity index (χ0) is 15.3. The fourth-order valence-corrected chi connectivity index (χ4v) is 3.06. The number of carboxylic acid groups (broad SMARTS) is 1. The van der Waals surface area contributed by atoms with Gasteiger partial charge in [0.15, 0.2) is 0 Å². The fourth-order valence-electron chi connectivity index (χ4n) is 3.06. The predicted molar refractivity (Wildman–Crippen MR) is 84.2 cm³/mol. The molecule has 2 N–H and O–H groups in total. The number of rotatable bonds is 10. The molecule has 0 aromatic carbocycles. The van der Waals surface area contributed by atoms with Crippen LogP contribution in [0.5, 0.6) is 0 Å². The summed E-state index contributed by atoms with van der Waals surface area (Å²) in [5.41, 5.74) is 0. The second-order valence-corrected chi connectivity index (χ2v) is 6.32. The number of hydrogen-bond donors (Lipinski definition) is 2. The molecule has 122 valence electrons. The Kier molecular flexibility index (Phi) is 9.92. The normalized spacial score (nSPS) is 16.4. The summed E-state index contributed by atoms with van der Waals surface area (Å²) in [5, 5.41) is 11.5. The van der Waals surface area contributed by atoms with E-state index >= 15 is 0 Å². The SMILES string of the molecule is O=C(O)CCCCCCCNC(=O)CC1CCCCCC1. The second kappa shape index (κ2) is 11.6. The molecule has 1 aliphatic rings. The third-order valence-electron chi connectivity index (χ3n) is 4.34. The highest BCUT2D eigenvalue weighted by Crippen LogP contribution is 2.25. The number of hydrogen-bond acceptors (Lipinski definition) is 2. The molecule has 0 atom stereocenters. The van der Waals surface area contributed by atoms with E-state index in [-0.39, 0.29) is 12.3 Å². The summed E-state index contributed by atoms with van der Waals surface area (Å²) in [6.45, 7) is 0.768. The molecule has 1 amide bonds. The number of carboxylic acids is 1. The lowest BCUT2D eigenvalue weighted by molar-refractivity contribution is -0.137. The second-order valence-electron chi connectivity index (χ2n) is 6.32. The van der Waals surface area contributed by atoms with Gasteiger partial charge in [0, 0.05) is 19.4 Å². The van der Waals surface area contributed by atoms with Gasteiger partial charge in [0.25, 0.3) is 0 Å². The van der Waals surface area contributed by atoms with Crippen LogP contribution in [-0.4, -0.2) is 23.5 Å². The Labute approximate surface area is 128 Å². The van der Waals surface area contributed by atoms with E-state index in [9.17, 15) is 9.59 Å². The lowest BCUT2D eigenvalue weighted by atomic mass is 9.96. The van der Waals surface area contributed by atoms with E-state index in [1.165, 1.54) is 38.5 Å². The van der Waals surface area contributed by atoms with Gasteiger partial charge in [-0.15, -0.1) is 0 Å². The summed E-state index contributed by atoms with van der Waals surface area (Å²) in [7, 11) is 0. The van der Waals surface area contributed by atoms with Crippen molar-refractivity contribution >= 4 is 11.9 Å². The summed E-state index contributed by atoms with van der Waals surface area (Å²) >= 11 is 0. The van der Waals surface area contributed by atoms with Gasteiger partial charge in [0.2, 0.25) is 5.91 Å². The fraction of sp³-hybridized carbons (Fsp3) is 0.882. The summed E-state index contributed by atoms with van der Waals surface area (Å²) in [5.74, 6) is 0.108. The Bertz CT molecular complexity index is 296. The highest BCUT2D eigenvalue weighted by molar-refractivity contribution is 5.76. The van der Waals surface area contributed by atoms with E-state index < -0.39 is 5.97 Å². The maximum absolute atomic E-state index is 11.9. The van der Waals surface area contributed by atoms with Crippen LogP contribution in [-0.2, 0) is 9.59 Å². The summed E-state index contributed by atoms with van der Waals surface area (Å²) in [6, 6.07) is 0. The highest BCUT2D eigenvalue weighted by Gasteiger charge is 2.15. The first-order valence-corrected chi connectivity index (χ1v) is 8.67. The molecule has 0 spiro atoms.